The van der Waals surface area contributed by atoms with Crippen molar-refractivity contribution in [3.8, 4) is 0 Å². The number of carboxylic acids is 1. The summed E-state index contributed by atoms with van der Waals surface area (Å²) in [7, 11) is 0. The zero-order valence-corrected chi connectivity index (χ0v) is 9.81. The Morgan fingerprint density at radius 2 is 2.15 bits per heavy atom. The van der Waals surface area contributed by atoms with E-state index in [9.17, 15) is 18.0 Å². The van der Waals surface area contributed by atoms with Crippen LogP contribution in [-0.4, -0.2) is 21.2 Å². The fraction of sp³-hybridized carbons (Fsp3) is 0.182. The third-order valence-electron chi connectivity index (χ3n) is 2.41. The molecule has 0 atom stereocenters. The van der Waals surface area contributed by atoms with Gasteiger partial charge in [-0.3, -0.25) is 0 Å². The van der Waals surface area contributed by atoms with Gasteiger partial charge in [0.05, 0.1) is 17.7 Å². The second-order valence-corrected chi connectivity index (χ2v) is 3.76. The van der Waals surface area contributed by atoms with Gasteiger partial charge in [0.25, 0.3) is 0 Å². The highest BCUT2D eigenvalue weighted by Gasteiger charge is 2.35. The molecule has 2 N–H and O–H groups in total. The highest BCUT2D eigenvalue weighted by atomic mass is 19.4. The van der Waals surface area contributed by atoms with E-state index in [0.29, 0.717) is 0 Å². The molecule has 0 aliphatic rings. The van der Waals surface area contributed by atoms with Crippen LogP contribution in [0.2, 0.25) is 0 Å². The van der Waals surface area contributed by atoms with Crippen molar-refractivity contribution in [1.29, 1.82) is 0 Å². The summed E-state index contributed by atoms with van der Waals surface area (Å²) in [5.41, 5.74) is -1.92. The third-order valence-corrected chi connectivity index (χ3v) is 2.41. The predicted octanol–water partition coefficient (Wildman–Crippen LogP) is 2.40. The Labute approximate surface area is 110 Å². The summed E-state index contributed by atoms with van der Waals surface area (Å²) < 4.78 is 42.8. The van der Waals surface area contributed by atoms with Gasteiger partial charge in [-0.15, -0.1) is 0 Å². The van der Waals surface area contributed by atoms with Crippen molar-refractivity contribution in [2.75, 3.05) is 5.32 Å². The van der Waals surface area contributed by atoms with Gasteiger partial charge in [0.15, 0.2) is 5.82 Å². The van der Waals surface area contributed by atoms with Crippen LogP contribution in [0, 0.1) is 0 Å². The fourth-order valence-corrected chi connectivity index (χ4v) is 1.53. The van der Waals surface area contributed by atoms with Crippen molar-refractivity contribution >= 4 is 11.7 Å². The average molecular weight is 287 g/mol. The molecule has 0 bridgehead atoms. The molecule has 2 rings (SSSR count). The topological polar surface area (TPSA) is 88.2 Å². The number of halogens is 3. The Morgan fingerprint density at radius 1 is 1.40 bits per heavy atom. The number of nitrogens with one attached hydrogen (secondary N) is 1. The lowest BCUT2D eigenvalue weighted by molar-refractivity contribution is -0.138. The van der Waals surface area contributed by atoms with Gasteiger partial charge < -0.3 is 14.9 Å². The average Bonchev–Trinajstić information content (AvgIpc) is 2.88. The Morgan fingerprint density at radius 3 is 2.70 bits per heavy atom. The maximum Gasteiger partial charge on any atom is 0.417 e. The van der Waals surface area contributed by atoms with Gasteiger partial charge in [0, 0.05) is 5.69 Å². The summed E-state index contributed by atoms with van der Waals surface area (Å²) in [6.45, 7) is 0.0558. The van der Waals surface area contributed by atoms with Crippen LogP contribution in [0.3, 0.4) is 0 Å². The molecule has 0 unspecified atom stereocenters. The van der Waals surface area contributed by atoms with Gasteiger partial charge in [0.2, 0.25) is 6.39 Å². The lowest BCUT2D eigenvalue weighted by Crippen LogP contribution is -2.13. The quantitative estimate of drug-likeness (QED) is 0.897. The number of alkyl halides is 3. The molecule has 0 saturated heterocycles. The molecule has 1 heterocycles. The molecule has 1 aromatic carbocycles. The first-order valence-corrected chi connectivity index (χ1v) is 5.31. The number of hydrogen-bond acceptors (Lipinski definition) is 5. The first kappa shape index (κ1) is 13.8. The van der Waals surface area contributed by atoms with Crippen molar-refractivity contribution in [2.45, 2.75) is 12.7 Å². The Hall–Kier alpha value is -2.58. The maximum absolute atomic E-state index is 12.8. The molecular weight excluding hydrogens is 279 g/mol. The minimum atomic E-state index is -4.75. The van der Waals surface area contributed by atoms with Crippen molar-refractivity contribution in [3.05, 3.63) is 41.5 Å². The van der Waals surface area contributed by atoms with E-state index in [1.54, 1.807) is 0 Å². The summed E-state index contributed by atoms with van der Waals surface area (Å²) in [5.74, 6) is -1.37. The lowest BCUT2D eigenvalue weighted by atomic mass is 10.1. The first-order valence-electron chi connectivity index (χ1n) is 5.31. The smallest absolute Gasteiger partial charge is 0.417 e. The standard InChI is InChI=1S/C11H8F3N3O3/c12-11(13,14)8-3-6(1-2-7(8)10(18)19)15-4-9-16-5-20-17-9/h1-3,5,15H,4H2,(H,18,19). The number of aromatic carboxylic acids is 1. The Balaban J connectivity index is 2.25. The molecule has 0 aliphatic heterocycles. The molecule has 9 heteroatoms. The van der Waals surface area contributed by atoms with Crippen molar-refractivity contribution < 1.29 is 27.6 Å². The summed E-state index contributed by atoms with van der Waals surface area (Å²) in [4.78, 5) is 14.5. The second kappa shape index (κ2) is 5.19. The molecule has 0 aliphatic carbocycles. The highest BCUT2D eigenvalue weighted by Crippen LogP contribution is 2.33. The van der Waals surface area contributed by atoms with Crippen LogP contribution in [0.4, 0.5) is 18.9 Å². The SMILES string of the molecule is O=C(O)c1ccc(NCc2ncon2)cc1C(F)(F)F. The number of rotatable bonds is 4. The molecule has 0 amide bonds. The highest BCUT2D eigenvalue weighted by molar-refractivity contribution is 5.90. The largest absolute Gasteiger partial charge is 0.478 e. The predicted molar refractivity (Wildman–Crippen MR) is 60.0 cm³/mol. The monoisotopic (exact) mass is 287 g/mol. The number of aromatic nitrogens is 2. The molecule has 0 radical (unpaired) electrons. The van der Waals surface area contributed by atoms with Gasteiger partial charge in [-0.2, -0.15) is 18.2 Å². The second-order valence-electron chi connectivity index (χ2n) is 3.76. The van der Waals surface area contributed by atoms with Crippen LogP contribution in [0.5, 0.6) is 0 Å². The van der Waals surface area contributed by atoms with E-state index in [1.165, 1.54) is 6.07 Å². The lowest BCUT2D eigenvalue weighted by Gasteiger charge is -2.12. The minimum absolute atomic E-state index is 0.0558. The van der Waals surface area contributed by atoms with Gasteiger partial charge >= 0.3 is 12.1 Å². The van der Waals surface area contributed by atoms with Crippen molar-refractivity contribution in [2.24, 2.45) is 0 Å². The molecule has 0 fully saturated rings. The molecule has 2 aromatic rings. The molecule has 0 saturated carbocycles. The van der Waals surface area contributed by atoms with E-state index in [1.807, 2.05) is 0 Å². The van der Waals surface area contributed by atoms with E-state index in [-0.39, 0.29) is 18.1 Å². The molecule has 6 nitrogen and oxygen atoms in total. The Kier molecular flexibility index (Phi) is 3.59. The van der Waals surface area contributed by atoms with Gasteiger partial charge in [0.1, 0.15) is 0 Å². The van der Waals surface area contributed by atoms with Gasteiger partial charge in [-0.05, 0) is 18.2 Å². The first-order chi connectivity index (χ1) is 9.38. The summed E-state index contributed by atoms with van der Waals surface area (Å²) in [6, 6.07) is 2.85. The van der Waals surface area contributed by atoms with E-state index in [0.717, 1.165) is 18.5 Å². The van der Waals surface area contributed by atoms with E-state index < -0.39 is 23.3 Å². The fourth-order valence-electron chi connectivity index (χ4n) is 1.53. The number of hydrogen-bond donors (Lipinski definition) is 2. The van der Waals surface area contributed by atoms with E-state index in [2.05, 4.69) is 20.0 Å². The van der Waals surface area contributed by atoms with Crippen LogP contribution in [0.25, 0.3) is 0 Å². The summed E-state index contributed by atoms with van der Waals surface area (Å²) in [6.07, 6.45) is -3.66. The molecular formula is C11H8F3N3O3. The molecule has 106 valence electrons. The maximum atomic E-state index is 12.8. The van der Waals surface area contributed by atoms with Gasteiger partial charge in [-0.1, -0.05) is 5.16 Å². The number of carbonyl (C=O) groups is 1. The van der Waals surface area contributed by atoms with Crippen molar-refractivity contribution in [3.63, 3.8) is 0 Å². The van der Waals surface area contributed by atoms with E-state index >= 15 is 0 Å². The van der Waals surface area contributed by atoms with Crippen LogP contribution >= 0.6 is 0 Å². The molecule has 0 spiro atoms. The zero-order chi connectivity index (χ0) is 14.8. The van der Waals surface area contributed by atoms with Crippen LogP contribution in [0.15, 0.2) is 29.1 Å². The number of anilines is 1. The van der Waals surface area contributed by atoms with Crippen LogP contribution < -0.4 is 5.32 Å². The van der Waals surface area contributed by atoms with E-state index in [4.69, 9.17) is 5.11 Å². The summed E-state index contributed by atoms with van der Waals surface area (Å²) in [5, 5.41) is 14.9. The third kappa shape index (κ3) is 3.05. The zero-order valence-electron chi connectivity index (χ0n) is 9.81. The van der Waals surface area contributed by atoms with Crippen LogP contribution in [0.1, 0.15) is 21.7 Å². The number of benzene rings is 1. The molecule has 1 aromatic heterocycles. The van der Waals surface area contributed by atoms with Crippen molar-refractivity contribution in [1.82, 2.24) is 10.1 Å². The van der Waals surface area contributed by atoms with Gasteiger partial charge in [-0.25, -0.2) is 4.79 Å². The number of carboxylic acid groups (broad SMARTS) is 1. The molecule has 20 heavy (non-hydrogen) atoms. The number of nitrogens with zero attached hydrogens (tertiary/aromatic N) is 2. The van der Waals surface area contributed by atoms with Crippen LogP contribution in [-0.2, 0) is 12.7 Å². The summed E-state index contributed by atoms with van der Waals surface area (Å²) >= 11 is 0. The minimum Gasteiger partial charge on any atom is -0.478 e. The Bertz CT molecular complexity index is 611. The normalized spacial score (nSPS) is 11.3.